The van der Waals surface area contributed by atoms with Gasteiger partial charge in [-0.25, -0.2) is 22.1 Å². The van der Waals surface area contributed by atoms with E-state index in [-0.39, 0.29) is 22.9 Å². The van der Waals surface area contributed by atoms with Gasteiger partial charge in [0.25, 0.3) is 5.91 Å². The first-order valence-electron chi connectivity index (χ1n) is 8.35. The Hall–Kier alpha value is -2.60. The number of hydrogen-bond acceptors (Lipinski definition) is 8. The second kappa shape index (κ2) is 5.95. The Bertz CT molecular complexity index is 1100. The van der Waals surface area contributed by atoms with E-state index in [4.69, 9.17) is 5.73 Å². The zero-order valence-electron chi connectivity index (χ0n) is 15.0. The van der Waals surface area contributed by atoms with E-state index in [0.29, 0.717) is 12.8 Å². The van der Waals surface area contributed by atoms with Crippen LogP contribution in [0.5, 0.6) is 0 Å². The number of nitrogens with two attached hydrogens (primary N) is 1. The second-order valence-electron chi connectivity index (χ2n) is 6.95. The molecule has 1 fully saturated rings. The fraction of sp³-hybridized carbons (Fsp3) is 0.375. The van der Waals surface area contributed by atoms with E-state index >= 15 is 0 Å². The molecule has 0 bridgehead atoms. The highest BCUT2D eigenvalue weighted by Gasteiger charge is 2.70. The van der Waals surface area contributed by atoms with Gasteiger partial charge < -0.3 is 11.1 Å². The number of nitrogens with zero attached hydrogens (tertiary/aromatic N) is 4. The molecule has 1 aliphatic carbocycles. The van der Waals surface area contributed by atoms with Crippen molar-refractivity contribution in [3.8, 4) is 0 Å². The maximum Gasteiger partial charge on any atom is 0.277 e. The fourth-order valence-electron chi connectivity index (χ4n) is 3.64. The molecule has 2 heterocycles. The minimum atomic E-state index is -3.82. The second-order valence-corrected chi connectivity index (χ2v) is 9.79. The molecule has 1 spiro atoms. The first-order chi connectivity index (χ1) is 13.1. The van der Waals surface area contributed by atoms with E-state index < -0.39 is 32.0 Å². The Morgan fingerprint density at radius 3 is 2.71 bits per heavy atom. The van der Waals surface area contributed by atoms with Gasteiger partial charge in [-0.1, -0.05) is 0 Å². The summed E-state index contributed by atoms with van der Waals surface area (Å²) in [6.07, 6.45) is 2.00. The monoisotopic (exact) mass is 424 g/mol. The van der Waals surface area contributed by atoms with E-state index in [1.165, 1.54) is 31.4 Å². The Kier molecular flexibility index (Phi) is 3.98. The van der Waals surface area contributed by atoms with Crippen molar-refractivity contribution < 1.29 is 17.6 Å². The van der Waals surface area contributed by atoms with Gasteiger partial charge in [-0.15, -0.1) is 0 Å². The van der Waals surface area contributed by atoms with Crippen molar-refractivity contribution in [3.63, 3.8) is 0 Å². The van der Waals surface area contributed by atoms with Gasteiger partial charge in [0.15, 0.2) is 5.69 Å². The first-order valence-corrected chi connectivity index (χ1v) is 10.5. The average Bonchev–Trinajstić information content (AvgIpc) is 3.30. The number of nitrogens with one attached hydrogen (secondary N) is 1. The van der Waals surface area contributed by atoms with Crippen molar-refractivity contribution >= 4 is 39.3 Å². The summed E-state index contributed by atoms with van der Waals surface area (Å²) in [5.74, 6) is -1.34. The summed E-state index contributed by atoms with van der Waals surface area (Å²) in [6.45, 7) is 1.56. The molecule has 1 aliphatic heterocycles. The Labute approximate surface area is 164 Å². The Balaban J connectivity index is 1.80. The number of carbonyl (C=O) groups is 1. The topological polar surface area (TPSA) is 131 Å². The van der Waals surface area contributed by atoms with E-state index in [0.717, 1.165) is 16.0 Å². The van der Waals surface area contributed by atoms with Crippen LogP contribution in [0.4, 0.5) is 10.1 Å². The number of aromatic nitrogens is 2. The fourth-order valence-corrected chi connectivity index (χ4v) is 6.14. The average molecular weight is 424 g/mol. The number of benzene rings is 1. The molecule has 3 N–H and O–H groups in total. The number of amides is 1. The van der Waals surface area contributed by atoms with Crippen LogP contribution in [-0.2, 0) is 15.6 Å². The third-order valence-electron chi connectivity index (χ3n) is 5.45. The van der Waals surface area contributed by atoms with Crippen molar-refractivity contribution in [2.24, 2.45) is 10.7 Å². The van der Waals surface area contributed by atoms with Crippen LogP contribution in [0.2, 0.25) is 0 Å². The van der Waals surface area contributed by atoms with Gasteiger partial charge in [0.05, 0.1) is 17.9 Å². The number of halogens is 1. The lowest BCUT2D eigenvalue weighted by atomic mass is 9.86. The van der Waals surface area contributed by atoms with Gasteiger partial charge >= 0.3 is 0 Å². The molecule has 1 amide bonds. The van der Waals surface area contributed by atoms with Crippen LogP contribution in [0.3, 0.4) is 0 Å². The molecular formula is C16H17FN6O3S2. The Morgan fingerprint density at radius 1 is 1.39 bits per heavy atom. The summed E-state index contributed by atoms with van der Waals surface area (Å²) >= 11 is 0.891. The van der Waals surface area contributed by atoms with Crippen molar-refractivity contribution in [3.05, 3.63) is 41.5 Å². The zero-order valence-corrected chi connectivity index (χ0v) is 16.6. The van der Waals surface area contributed by atoms with Crippen LogP contribution in [0.1, 0.15) is 35.8 Å². The molecule has 0 saturated heterocycles. The standard InChI is InChI=1S/C16H17FN6O3S2/c1-15(16(5-6-16)28(25,26)23(2)14(18)21-15)10-7-9(3-4-11(10)17)20-13(24)12-8-19-27-22-12/h3-4,7-8H,5-6H2,1-2H3,(H2,18,21)(H,20,24). The van der Waals surface area contributed by atoms with Gasteiger partial charge in [-0.2, -0.15) is 8.75 Å². The molecule has 1 atom stereocenters. The lowest BCUT2D eigenvalue weighted by molar-refractivity contribution is 0.102. The molecule has 1 aromatic heterocycles. The molecule has 1 saturated carbocycles. The highest BCUT2D eigenvalue weighted by atomic mass is 32.2. The lowest BCUT2D eigenvalue weighted by Crippen LogP contribution is -2.58. The highest BCUT2D eigenvalue weighted by Crippen LogP contribution is 2.60. The molecule has 28 heavy (non-hydrogen) atoms. The predicted octanol–water partition coefficient (Wildman–Crippen LogP) is 1.27. The summed E-state index contributed by atoms with van der Waals surface area (Å²) in [7, 11) is -2.48. The maximum atomic E-state index is 14.8. The first kappa shape index (κ1) is 18.7. The van der Waals surface area contributed by atoms with Gasteiger partial charge in [0, 0.05) is 18.3 Å². The normalized spacial score (nSPS) is 24.7. The summed E-state index contributed by atoms with van der Waals surface area (Å²) in [5.41, 5.74) is 4.89. The zero-order chi connectivity index (χ0) is 20.3. The third kappa shape index (κ3) is 2.44. The van der Waals surface area contributed by atoms with Crippen molar-refractivity contribution in [1.82, 2.24) is 13.1 Å². The minimum Gasteiger partial charge on any atom is -0.369 e. The van der Waals surface area contributed by atoms with E-state index in [1.807, 2.05) is 0 Å². The molecule has 1 aromatic carbocycles. The van der Waals surface area contributed by atoms with E-state index in [2.05, 4.69) is 19.1 Å². The van der Waals surface area contributed by atoms with Crippen molar-refractivity contribution in [2.45, 2.75) is 30.1 Å². The number of aliphatic imine (C=N–C) groups is 1. The molecule has 2 aliphatic rings. The van der Waals surface area contributed by atoms with E-state index in [1.54, 1.807) is 6.92 Å². The van der Waals surface area contributed by atoms with Crippen LogP contribution in [0, 0.1) is 5.82 Å². The van der Waals surface area contributed by atoms with Crippen molar-refractivity contribution in [2.75, 3.05) is 12.4 Å². The molecule has 12 heteroatoms. The van der Waals surface area contributed by atoms with Gasteiger partial charge in [0.1, 0.15) is 16.1 Å². The van der Waals surface area contributed by atoms with Crippen LogP contribution in [0.15, 0.2) is 29.4 Å². The van der Waals surface area contributed by atoms with Crippen molar-refractivity contribution in [1.29, 1.82) is 0 Å². The number of sulfonamides is 1. The van der Waals surface area contributed by atoms with E-state index in [9.17, 15) is 17.6 Å². The summed E-state index contributed by atoms with van der Waals surface area (Å²) in [6, 6.07) is 3.95. The quantitative estimate of drug-likeness (QED) is 0.763. The molecule has 9 nitrogen and oxygen atoms in total. The van der Waals surface area contributed by atoms with Gasteiger partial charge in [0.2, 0.25) is 16.0 Å². The maximum absolute atomic E-state index is 14.8. The lowest BCUT2D eigenvalue weighted by Gasteiger charge is -2.42. The predicted molar refractivity (Wildman–Crippen MR) is 102 cm³/mol. The van der Waals surface area contributed by atoms with Gasteiger partial charge in [-0.05, 0) is 38.0 Å². The highest BCUT2D eigenvalue weighted by molar-refractivity contribution is 7.91. The minimum absolute atomic E-state index is 0.0545. The smallest absolute Gasteiger partial charge is 0.277 e. The Morgan fingerprint density at radius 2 is 2.11 bits per heavy atom. The van der Waals surface area contributed by atoms with Crippen LogP contribution in [-0.4, -0.2) is 45.1 Å². The summed E-state index contributed by atoms with van der Waals surface area (Å²) in [5, 5.41) is 2.62. The summed E-state index contributed by atoms with van der Waals surface area (Å²) < 4.78 is 48.1. The molecule has 148 valence electrons. The molecule has 2 aromatic rings. The molecule has 1 unspecified atom stereocenters. The molecule has 4 rings (SSSR count). The third-order valence-corrected chi connectivity index (χ3v) is 8.63. The number of carbonyl (C=O) groups excluding carboxylic acids is 1. The van der Waals surface area contributed by atoms with Gasteiger partial charge in [-0.3, -0.25) is 4.79 Å². The van der Waals surface area contributed by atoms with Crippen LogP contribution in [0.25, 0.3) is 0 Å². The number of guanidine groups is 1. The molecular weight excluding hydrogens is 407 g/mol. The molecule has 0 radical (unpaired) electrons. The van der Waals surface area contributed by atoms with Crippen LogP contribution < -0.4 is 11.1 Å². The SMILES string of the molecule is CN1C(N)=NC(C)(c2cc(NC(=O)c3cnsn3)ccc2F)C2(CC2)S1(=O)=O. The van der Waals surface area contributed by atoms with Crippen LogP contribution >= 0.6 is 11.7 Å². The largest absolute Gasteiger partial charge is 0.369 e. The number of anilines is 1. The number of rotatable bonds is 3. The summed E-state index contributed by atoms with van der Waals surface area (Å²) in [4.78, 5) is 16.6. The number of hydrogen-bond donors (Lipinski definition) is 2.